The Kier molecular flexibility index (Phi) is 4.19. The molecule has 0 saturated carbocycles. The number of para-hydroxylation sites is 1. The summed E-state index contributed by atoms with van der Waals surface area (Å²) in [6.07, 6.45) is 0.955. The number of benzene rings is 4. The molecule has 5 aromatic rings. The molecule has 0 saturated heterocycles. The number of nitrogens with zero attached hydrogens (tertiary/aromatic N) is 1. The van der Waals surface area contributed by atoms with Gasteiger partial charge in [-0.25, -0.2) is 0 Å². The van der Waals surface area contributed by atoms with Crippen molar-refractivity contribution in [2.24, 2.45) is 0 Å². The smallest absolute Gasteiger partial charge is 0.181 e. The highest BCUT2D eigenvalue weighted by molar-refractivity contribution is 7.18. The average molecular weight is 367 g/mol. The molecule has 4 aromatic carbocycles. The van der Waals surface area contributed by atoms with Gasteiger partial charge in [0, 0.05) is 11.6 Å². The van der Waals surface area contributed by atoms with Gasteiger partial charge < -0.3 is 0 Å². The van der Waals surface area contributed by atoms with Gasteiger partial charge in [-0.2, -0.15) is 4.57 Å². The largest absolute Gasteiger partial charge is 0.243 e. The van der Waals surface area contributed by atoms with E-state index in [4.69, 9.17) is 0 Å². The highest BCUT2D eigenvalue weighted by Gasteiger charge is 2.20. The molecule has 0 fully saturated rings. The Balaban J connectivity index is 1.58. The summed E-state index contributed by atoms with van der Waals surface area (Å²) in [5.74, 6) is 0. The molecule has 1 aromatic heterocycles. The van der Waals surface area contributed by atoms with Crippen LogP contribution in [0.3, 0.4) is 0 Å². The van der Waals surface area contributed by atoms with Crippen LogP contribution in [-0.2, 0) is 13.0 Å². The van der Waals surface area contributed by atoms with Crippen LogP contribution < -0.4 is 4.57 Å². The fourth-order valence-corrected chi connectivity index (χ4v) is 4.87. The van der Waals surface area contributed by atoms with Crippen LogP contribution in [0.25, 0.3) is 21.0 Å². The van der Waals surface area contributed by atoms with Crippen molar-refractivity contribution >= 4 is 32.3 Å². The zero-order valence-corrected chi connectivity index (χ0v) is 15.8. The Morgan fingerprint density at radius 1 is 0.630 bits per heavy atom. The Hall–Kier alpha value is -2.97. The second-order valence-corrected chi connectivity index (χ2v) is 8.01. The molecular weight excluding hydrogens is 346 g/mol. The van der Waals surface area contributed by atoms with Gasteiger partial charge >= 0.3 is 0 Å². The predicted molar refractivity (Wildman–Crippen MR) is 114 cm³/mol. The minimum atomic E-state index is 0.910. The first kappa shape index (κ1) is 16.2. The molecule has 0 aliphatic rings. The Morgan fingerprint density at radius 3 is 2.26 bits per heavy atom. The van der Waals surface area contributed by atoms with Crippen molar-refractivity contribution in [3.63, 3.8) is 0 Å². The van der Waals surface area contributed by atoms with Crippen LogP contribution in [-0.4, -0.2) is 0 Å². The fourth-order valence-electron chi connectivity index (χ4n) is 3.68. The molecule has 0 spiro atoms. The maximum absolute atomic E-state index is 2.48. The van der Waals surface area contributed by atoms with Gasteiger partial charge in [0.25, 0.3) is 0 Å². The fraction of sp³-hybridized carbons (Fsp3) is 0.0800. The van der Waals surface area contributed by atoms with Crippen molar-refractivity contribution in [1.29, 1.82) is 0 Å². The summed E-state index contributed by atoms with van der Waals surface area (Å²) in [4.78, 5) is 0. The van der Waals surface area contributed by atoms with Crippen molar-refractivity contribution in [3.05, 3.63) is 113 Å². The van der Waals surface area contributed by atoms with Crippen LogP contribution in [0, 0.1) is 0 Å². The first-order valence-corrected chi connectivity index (χ1v) is 10.1. The number of hydrogen-bond acceptors (Lipinski definition) is 1. The van der Waals surface area contributed by atoms with E-state index in [1.54, 1.807) is 0 Å². The lowest BCUT2D eigenvalue weighted by molar-refractivity contribution is -0.665. The first-order chi connectivity index (χ1) is 13.4. The van der Waals surface area contributed by atoms with E-state index >= 15 is 0 Å². The maximum atomic E-state index is 2.48. The molecule has 2 heteroatoms. The van der Waals surface area contributed by atoms with Gasteiger partial charge in [-0.1, -0.05) is 96.3 Å². The Bertz CT molecular complexity index is 1220. The van der Waals surface area contributed by atoms with Crippen molar-refractivity contribution in [2.45, 2.75) is 13.0 Å². The van der Waals surface area contributed by atoms with E-state index in [2.05, 4.69) is 102 Å². The van der Waals surface area contributed by atoms with Gasteiger partial charge in [0.1, 0.15) is 4.70 Å². The molecule has 0 N–H and O–H groups in total. The second kappa shape index (κ2) is 6.98. The van der Waals surface area contributed by atoms with E-state index in [9.17, 15) is 0 Å². The van der Waals surface area contributed by atoms with Crippen molar-refractivity contribution < 1.29 is 4.57 Å². The Morgan fingerprint density at radius 2 is 1.37 bits per heavy atom. The molecule has 1 nitrogen and oxygen atoms in total. The summed E-state index contributed by atoms with van der Waals surface area (Å²) in [5.41, 5.74) is 4.02. The monoisotopic (exact) mass is 366 g/mol. The molecule has 0 aliphatic heterocycles. The highest BCUT2D eigenvalue weighted by Crippen LogP contribution is 2.24. The standard InChI is InChI=1S/C25H20NS/c1-2-8-19(9-3-1)18-26-23-12-6-7-13-24(23)27-25(26)17-20-14-15-21-10-4-5-11-22(21)16-20/h1-16H,17-18H2/q+1. The van der Waals surface area contributed by atoms with E-state index < -0.39 is 0 Å². The topological polar surface area (TPSA) is 3.88 Å². The van der Waals surface area contributed by atoms with E-state index in [0.29, 0.717) is 0 Å². The van der Waals surface area contributed by atoms with Crippen molar-refractivity contribution in [1.82, 2.24) is 0 Å². The van der Waals surface area contributed by atoms with Crippen molar-refractivity contribution in [3.8, 4) is 0 Å². The van der Waals surface area contributed by atoms with Gasteiger partial charge in [0.2, 0.25) is 10.5 Å². The van der Waals surface area contributed by atoms with Crippen LogP contribution >= 0.6 is 11.3 Å². The second-order valence-electron chi connectivity index (χ2n) is 6.89. The molecular formula is C25H20NS+. The van der Waals surface area contributed by atoms with Crippen LogP contribution in [0.2, 0.25) is 0 Å². The molecule has 5 rings (SSSR count). The average Bonchev–Trinajstić information content (AvgIpc) is 3.06. The van der Waals surface area contributed by atoms with Gasteiger partial charge in [-0.05, 0) is 22.4 Å². The molecule has 0 bridgehead atoms. The molecule has 0 aliphatic carbocycles. The van der Waals surface area contributed by atoms with Gasteiger partial charge in [0.05, 0.1) is 6.42 Å². The van der Waals surface area contributed by atoms with E-state index in [1.165, 1.54) is 37.1 Å². The third kappa shape index (κ3) is 3.24. The highest BCUT2D eigenvalue weighted by atomic mass is 32.1. The Labute approximate surface area is 163 Å². The van der Waals surface area contributed by atoms with E-state index in [1.807, 2.05) is 11.3 Å². The lowest BCUT2D eigenvalue weighted by Crippen LogP contribution is -2.37. The van der Waals surface area contributed by atoms with Gasteiger partial charge in [-0.15, -0.1) is 0 Å². The number of fused-ring (bicyclic) bond motifs is 2. The SMILES string of the molecule is c1ccc(C[n+]2c(Cc3ccc4ccccc4c3)sc3ccccc32)cc1. The summed E-state index contributed by atoms with van der Waals surface area (Å²) in [6.45, 7) is 0.910. The van der Waals surface area contributed by atoms with E-state index in [0.717, 1.165) is 13.0 Å². The maximum Gasteiger partial charge on any atom is 0.243 e. The predicted octanol–water partition coefficient (Wildman–Crippen LogP) is 5.98. The van der Waals surface area contributed by atoms with Crippen molar-refractivity contribution in [2.75, 3.05) is 0 Å². The van der Waals surface area contributed by atoms with Crippen LogP contribution in [0.1, 0.15) is 16.1 Å². The number of rotatable bonds is 4. The van der Waals surface area contributed by atoms with Crippen LogP contribution in [0.15, 0.2) is 97.1 Å². The summed E-state index contributed by atoms with van der Waals surface area (Å²) in [5, 5.41) is 4.01. The normalized spacial score (nSPS) is 11.3. The summed E-state index contributed by atoms with van der Waals surface area (Å²) in [7, 11) is 0. The van der Waals surface area contributed by atoms with Crippen LogP contribution in [0.5, 0.6) is 0 Å². The molecule has 1 heterocycles. The molecule has 0 atom stereocenters. The summed E-state index contributed by atoms with van der Waals surface area (Å²) >= 11 is 1.91. The zero-order chi connectivity index (χ0) is 18.1. The molecule has 0 radical (unpaired) electrons. The summed E-state index contributed by atoms with van der Waals surface area (Å²) in [6, 6.07) is 34.9. The van der Waals surface area contributed by atoms with E-state index in [-0.39, 0.29) is 0 Å². The summed E-state index contributed by atoms with van der Waals surface area (Å²) < 4.78 is 3.83. The first-order valence-electron chi connectivity index (χ1n) is 9.29. The van der Waals surface area contributed by atoms with Gasteiger partial charge in [-0.3, -0.25) is 0 Å². The molecule has 27 heavy (non-hydrogen) atoms. The van der Waals surface area contributed by atoms with Crippen LogP contribution in [0.4, 0.5) is 0 Å². The number of hydrogen-bond donors (Lipinski definition) is 0. The lowest BCUT2D eigenvalue weighted by atomic mass is 10.1. The minimum Gasteiger partial charge on any atom is -0.181 e. The zero-order valence-electron chi connectivity index (χ0n) is 15.0. The molecule has 0 amide bonds. The third-order valence-electron chi connectivity index (χ3n) is 5.04. The quantitative estimate of drug-likeness (QED) is 0.344. The number of aromatic nitrogens is 1. The minimum absolute atomic E-state index is 0.910. The lowest BCUT2D eigenvalue weighted by Gasteiger charge is -2.03. The molecule has 130 valence electrons. The molecule has 0 unspecified atom stereocenters. The third-order valence-corrected chi connectivity index (χ3v) is 6.20. The number of thiazole rings is 1. The van der Waals surface area contributed by atoms with Gasteiger partial charge in [0.15, 0.2) is 6.54 Å².